The maximum Gasteiger partial charge on any atom is 0.321 e. The zero-order valence-electron chi connectivity index (χ0n) is 18.1. The number of unbranched alkanes of at least 4 members (excludes halogenated alkanes) is 9. The summed E-state index contributed by atoms with van der Waals surface area (Å²) in [7, 11) is -1.37. The van der Waals surface area contributed by atoms with Gasteiger partial charge in [-0.1, -0.05) is 102 Å². The summed E-state index contributed by atoms with van der Waals surface area (Å²) in [5.74, 6) is 0. The molecule has 0 bridgehead atoms. The van der Waals surface area contributed by atoms with Gasteiger partial charge in [-0.05, 0) is 37.3 Å². The van der Waals surface area contributed by atoms with Crippen molar-refractivity contribution >= 4 is 9.28 Å². The highest BCUT2D eigenvalue weighted by Crippen LogP contribution is 2.14. The average Bonchev–Trinajstić information content (AvgIpc) is 2.71. The van der Waals surface area contributed by atoms with Gasteiger partial charge in [0.1, 0.15) is 0 Å². The lowest BCUT2D eigenvalue weighted by Crippen LogP contribution is -2.23. The van der Waals surface area contributed by atoms with E-state index in [0.717, 1.165) is 26.1 Å². The molecular formula is C24H44O2Si. The number of rotatable bonds is 19. The summed E-state index contributed by atoms with van der Waals surface area (Å²) in [5.41, 5.74) is 1.49. The van der Waals surface area contributed by atoms with Crippen molar-refractivity contribution < 1.29 is 8.85 Å². The van der Waals surface area contributed by atoms with E-state index in [2.05, 4.69) is 44.2 Å². The van der Waals surface area contributed by atoms with E-state index in [1.54, 1.807) is 0 Å². The van der Waals surface area contributed by atoms with Gasteiger partial charge in [0, 0.05) is 13.2 Å². The van der Waals surface area contributed by atoms with Gasteiger partial charge >= 0.3 is 9.28 Å². The van der Waals surface area contributed by atoms with Crippen molar-refractivity contribution in [3.63, 3.8) is 0 Å². The summed E-state index contributed by atoms with van der Waals surface area (Å²) in [6.45, 7) is 6.11. The number of hydrogen-bond donors (Lipinski definition) is 0. The molecule has 3 heteroatoms. The summed E-state index contributed by atoms with van der Waals surface area (Å²) in [6.07, 6.45) is 17.3. The smallest absolute Gasteiger partial charge is 0.321 e. The zero-order chi connectivity index (χ0) is 19.4. The molecule has 1 rings (SSSR count). The average molecular weight is 393 g/mol. The highest BCUT2D eigenvalue weighted by molar-refractivity contribution is 6.44. The summed E-state index contributed by atoms with van der Waals surface area (Å²) < 4.78 is 11.9. The Labute approximate surface area is 170 Å². The van der Waals surface area contributed by atoms with E-state index in [4.69, 9.17) is 8.85 Å². The van der Waals surface area contributed by atoms with Crippen molar-refractivity contribution in [3.8, 4) is 0 Å². The first-order valence-electron chi connectivity index (χ1n) is 11.6. The standard InChI is InChI=1S/C24H44O2Si/c1-3-21-25-27(26-22-4-2)23-17-12-10-8-6-5-7-9-11-14-18-24-19-15-13-16-20-24/h13,15-16,19-20,27H,3-12,14,17-18,21-23H2,1-2H3. The van der Waals surface area contributed by atoms with Crippen LogP contribution in [0.15, 0.2) is 30.3 Å². The molecule has 0 aliphatic carbocycles. The van der Waals surface area contributed by atoms with Gasteiger partial charge < -0.3 is 8.85 Å². The minimum Gasteiger partial charge on any atom is -0.397 e. The molecule has 156 valence electrons. The molecule has 0 aromatic heterocycles. The Morgan fingerprint density at radius 1 is 0.630 bits per heavy atom. The molecule has 0 spiro atoms. The number of hydrogen-bond acceptors (Lipinski definition) is 2. The third kappa shape index (κ3) is 15.0. The lowest BCUT2D eigenvalue weighted by Gasteiger charge is -2.16. The normalized spacial score (nSPS) is 11.4. The number of aryl methyl sites for hydroxylation is 1. The Balaban J connectivity index is 1.85. The van der Waals surface area contributed by atoms with Crippen molar-refractivity contribution in [2.75, 3.05) is 13.2 Å². The Kier molecular flexibility index (Phi) is 16.9. The van der Waals surface area contributed by atoms with Crippen LogP contribution >= 0.6 is 0 Å². The number of benzene rings is 1. The molecule has 1 aromatic carbocycles. The molecule has 1 aromatic rings. The Hall–Kier alpha value is -0.643. The van der Waals surface area contributed by atoms with Gasteiger partial charge in [0.25, 0.3) is 0 Å². The zero-order valence-corrected chi connectivity index (χ0v) is 19.2. The predicted octanol–water partition coefficient (Wildman–Crippen LogP) is 7.20. The van der Waals surface area contributed by atoms with E-state index in [9.17, 15) is 0 Å². The molecule has 27 heavy (non-hydrogen) atoms. The highest BCUT2D eigenvalue weighted by atomic mass is 28.3. The van der Waals surface area contributed by atoms with Crippen LogP contribution < -0.4 is 0 Å². The fourth-order valence-electron chi connectivity index (χ4n) is 3.41. The lowest BCUT2D eigenvalue weighted by molar-refractivity contribution is 0.195. The van der Waals surface area contributed by atoms with Crippen LogP contribution in [0.25, 0.3) is 0 Å². The first-order chi connectivity index (χ1) is 13.4. The van der Waals surface area contributed by atoms with Crippen molar-refractivity contribution in [1.29, 1.82) is 0 Å². The van der Waals surface area contributed by atoms with E-state index >= 15 is 0 Å². The summed E-state index contributed by atoms with van der Waals surface area (Å²) in [6, 6.07) is 12.1. The molecule has 0 aliphatic heterocycles. The first-order valence-corrected chi connectivity index (χ1v) is 13.4. The van der Waals surface area contributed by atoms with Gasteiger partial charge in [0.2, 0.25) is 0 Å². The Morgan fingerprint density at radius 2 is 1.11 bits per heavy atom. The van der Waals surface area contributed by atoms with E-state index in [1.165, 1.54) is 82.2 Å². The van der Waals surface area contributed by atoms with Gasteiger partial charge in [-0.2, -0.15) is 0 Å². The summed E-state index contributed by atoms with van der Waals surface area (Å²) >= 11 is 0. The second-order valence-corrected chi connectivity index (χ2v) is 9.83. The second-order valence-electron chi connectivity index (χ2n) is 7.73. The van der Waals surface area contributed by atoms with Gasteiger partial charge in [0.15, 0.2) is 0 Å². The van der Waals surface area contributed by atoms with Crippen LogP contribution in [0.3, 0.4) is 0 Å². The van der Waals surface area contributed by atoms with E-state index < -0.39 is 9.28 Å². The van der Waals surface area contributed by atoms with Crippen LogP contribution in [0.2, 0.25) is 6.04 Å². The molecule has 0 fully saturated rings. The minimum absolute atomic E-state index is 0.881. The van der Waals surface area contributed by atoms with Crippen LogP contribution in [0.5, 0.6) is 0 Å². The van der Waals surface area contributed by atoms with Crippen molar-refractivity contribution in [3.05, 3.63) is 35.9 Å². The van der Waals surface area contributed by atoms with Crippen molar-refractivity contribution in [1.82, 2.24) is 0 Å². The van der Waals surface area contributed by atoms with Crippen LogP contribution in [-0.2, 0) is 15.3 Å². The molecule has 0 heterocycles. The molecule has 0 saturated heterocycles. The van der Waals surface area contributed by atoms with Gasteiger partial charge in [-0.15, -0.1) is 0 Å². The molecule has 0 unspecified atom stereocenters. The van der Waals surface area contributed by atoms with Crippen molar-refractivity contribution in [2.45, 2.75) is 103 Å². The van der Waals surface area contributed by atoms with E-state index in [0.29, 0.717) is 0 Å². The Morgan fingerprint density at radius 3 is 1.63 bits per heavy atom. The highest BCUT2D eigenvalue weighted by Gasteiger charge is 2.12. The molecule has 2 nitrogen and oxygen atoms in total. The first kappa shape index (κ1) is 24.4. The largest absolute Gasteiger partial charge is 0.397 e. The fourth-order valence-corrected chi connectivity index (χ4v) is 5.46. The van der Waals surface area contributed by atoms with Crippen LogP contribution in [-0.4, -0.2) is 22.5 Å². The minimum atomic E-state index is -1.37. The van der Waals surface area contributed by atoms with Gasteiger partial charge in [-0.25, -0.2) is 0 Å². The second kappa shape index (κ2) is 18.7. The third-order valence-corrected chi connectivity index (χ3v) is 7.11. The fraction of sp³-hybridized carbons (Fsp3) is 0.750. The lowest BCUT2D eigenvalue weighted by atomic mass is 10.0. The van der Waals surface area contributed by atoms with Crippen LogP contribution in [0.1, 0.15) is 96.5 Å². The monoisotopic (exact) mass is 392 g/mol. The van der Waals surface area contributed by atoms with E-state index in [-0.39, 0.29) is 0 Å². The molecular weight excluding hydrogens is 348 g/mol. The molecule has 0 N–H and O–H groups in total. The van der Waals surface area contributed by atoms with Crippen molar-refractivity contribution in [2.24, 2.45) is 0 Å². The van der Waals surface area contributed by atoms with Crippen LogP contribution in [0.4, 0.5) is 0 Å². The predicted molar refractivity (Wildman–Crippen MR) is 121 cm³/mol. The SMILES string of the molecule is CCCO[SiH](CCCCCCCCCCCCc1ccccc1)OCCC. The Bertz CT molecular complexity index is 402. The van der Waals surface area contributed by atoms with Crippen LogP contribution in [0, 0.1) is 0 Å². The maximum atomic E-state index is 5.93. The summed E-state index contributed by atoms with van der Waals surface area (Å²) in [4.78, 5) is 0. The molecule has 0 atom stereocenters. The summed E-state index contributed by atoms with van der Waals surface area (Å²) in [5, 5.41) is 0. The molecule has 0 amide bonds. The van der Waals surface area contributed by atoms with Gasteiger partial charge in [0.05, 0.1) is 0 Å². The van der Waals surface area contributed by atoms with Gasteiger partial charge in [-0.3, -0.25) is 0 Å². The quantitative estimate of drug-likeness (QED) is 0.183. The molecule has 0 aliphatic rings. The molecule has 0 radical (unpaired) electrons. The molecule has 0 saturated carbocycles. The maximum absolute atomic E-state index is 5.93. The topological polar surface area (TPSA) is 18.5 Å². The van der Waals surface area contributed by atoms with E-state index in [1.807, 2.05) is 0 Å². The third-order valence-electron chi connectivity index (χ3n) is 5.01.